The highest BCUT2D eigenvalue weighted by Gasteiger charge is 2.32. The Kier molecular flexibility index (Phi) is 4.82. The second-order valence-electron chi connectivity index (χ2n) is 6.78. The molecule has 134 valence electrons. The van der Waals surface area contributed by atoms with Crippen molar-refractivity contribution in [2.45, 2.75) is 52.2 Å². The normalized spacial score (nSPS) is 14.0. The van der Waals surface area contributed by atoms with Gasteiger partial charge in [0.15, 0.2) is 0 Å². The van der Waals surface area contributed by atoms with Gasteiger partial charge in [0.05, 0.1) is 30.2 Å². The Morgan fingerprint density at radius 3 is 2.80 bits per heavy atom. The lowest BCUT2D eigenvalue weighted by Gasteiger charge is -2.11. The molecule has 2 heterocycles. The Morgan fingerprint density at radius 1 is 1.40 bits per heavy atom. The van der Waals surface area contributed by atoms with Crippen LogP contribution in [-0.2, 0) is 24.4 Å². The van der Waals surface area contributed by atoms with E-state index in [2.05, 4.69) is 34.6 Å². The molecule has 2 aromatic rings. The topological polar surface area (TPSA) is 115 Å². The summed E-state index contributed by atoms with van der Waals surface area (Å²) in [6.45, 7) is 4.98. The van der Waals surface area contributed by atoms with E-state index in [4.69, 9.17) is 5.11 Å². The molecular formula is C16H22N6O3. The van der Waals surface area contributed by atoms with Crippen molar-refractivity contribution in [2.75, 3.05) is 0 Å². The quantitative estimate of drug-likeness (QED) is 0.737. The summed E-state index contributed by atoms with van der Waals surface area (Å²) in [5, 5.41) is 23.5. The van der Waals surface area contributed by atoms with Gasteiger partial charge >= 0.3 is 5.97 Å². The maximum Gasteiger partial charge on any atom is 0.325 e. The Labute approximate surface area is 145 Å². The van der Waals surface area contributed by atoms with Gasteiger partial charge in [-0.05, 0) is 18.8 Å². The first-order chi connectivity index (χ1) is 11.9. The summed E-state index contributed by atoms with van der Waals surface area (Å²) in [7, 11) is 0. The van der Waals surface area contributed by atoms with E-state index < -0.39 is 5.97 Å². The van der Waals surface area contributed by atoms with Crippen LogP contribution < -0.4 is 5.32 Å². The minimum atomic E-state index is -0.993. The molecule has 1 amide bonds. The lowest BCUT2D eigenvalue weighted by molar-refractivity contribution is -0.137. The minimum Gasteiger partial charge on any atom is -0.480 e. The number of aliphatic carboxylic acids is 1. The Bertz CT molecular complexity index is 775. The van der Waals surface area contributed by atoms with Crippen molar-refractivity contribution in [2.24, 2.45) is 5.92 Å². The number of nitrogens with zero attached hydrogens (tertiary/aromatic N) is 5. The molecule has 0 atom stereocenters. The molecule has 0 saturated heterocycles. The van der Waals surface area contributed by atoms with Crippen LogP contribution in [0.15, 0.2) is 12.4 Å². The first kappa shape index (κ1) is 17.1. The number of carbonyl (C=O) groups is 2. The third-order valence-electron chi connectivity index (χ3n) is 3.94. The van der Waals surface area contributed by atoms with Gasteiger partial charge in [-0.1, -0.05) is 19.1 Å². The van der Waals surface area contributed by atoms with Crippen LogP contribution in [0.3, 0.4) is 0 Å². The molecule has 0 aromatic carbocycles. The fourth-order valence-corrected chi connectivity index (χ4v) is 2.75. The standard InChI is InChI=1S/C16H22N6O3/c1-10(2)7-22-15(11-3-4-11)13(6-18-22)16(25)17-5-12-8-21(20-19-12)9-14(23)24/h6,8,10-11H,3-5,7,9H2,1-2H3,(H,17,25)(H,23,24). The molecule has 0 spiro atoms. The molecule has 0 radical (unpaired) electrons. The first-order valence-electron chi connectivity index (χ1n) is 8.38. The van der Waals surface area contributed by atoms with Gasteiger partial charge < -0.3 is 10.4 Å². The summed E-state index contributed by atoms with van der Waals surface area (Å²) < 4.78 is 3.17. The molecule has 1 fully saturated rings. The maximum absolute atomic E-state index is 12.5. The second kappa shape index (κ2) is 7.04. The molecule has 1 saturated carbocycles. The molecule has 1 aliphatic rings. The summed E-state index contributed by atoms with van der Waals surface area (Å²) >= 11 is 0. The highest BCUT2D eigenvalue weighted by atomic mass is 16.4. The number of aromatic nitrogens is 5. The van der Waals surface area contributed by atoms with E-state index in [9.17, 15) is 9.59 Å². The zero-order valence-corrected chi connectivity index (χ0v) is 14.3. The number of nitrogens with one attached hydrogen (secondary N) is 1. The van der Waals surface area contributed by atoms with E-state index in [-0.39, 0.29) is 19.0 Å². The van der Waals surface area contributed by atoms with Crippen molar-refractivity contribution in [3.05, 3.63) is 29.3 Å². The van der Waals surface area contributed by atoms with E-state index in [0.717, 1.165) is 25.1 Å². The van der Waals surface area contributed by atoms with Crippen LogP contribution in [0.25, 0.3) is 0 Å². The van der Waals surface area contributed by atoms with Crippen LogP contribution in [0.5, 0.6) is 0 Å². The summed E-state index contributed by atoms with van der Waals surface area (Å²) in [4.78, 5) is 23.2. The molecule has 2 N–H and O–H groups in total. The van der Waals surface area contributed by atoms with Gasteiger partial charge in [0, 0.05) is 12.5 Å². The molecule has 1 aliphatic carbocycles. The molecule has 0 unspecified atom stereocenters. The van der Waals surface area contributed by atoms with Crippen LogP contribution in [-0.4, -0.2) is 41.8 Å². The van der Waals surface area contributed by atoms with E-state index in [1.807, 2.05) is 4.68 Å². The summed E-state index contributed by atoms with van der Waals surface area (Å²) in [6, 6.07) is 0. The van der Waals surface area contributed by atoms with Crippen LogP contribution in [0, 0.1) is 5.92 Å². The number of carbonyl (C=O) groups excluding carboxylic acids is 1. The number of carboxylic acid groups (broad SMARTS) is 1. The lowest BCUT2D eigenvalue weighted by atomic mass is 10.1. The number of amides is 1. The van der Waals surface area contributed by atoms with Gasteiger partial charge in [0.1, 0.15) is 12.2 Å². The number of hydrogen-bond donors (Lipinski definition) is 2. The first-order valence-corrected chi connectivity index (χ1v) is 8.38. The van der Waals surface area contributed by atoms with Gasteiger partial charge in [-0.2, -0.15) is 5.10 Å². The second-order valence-corrected chi connectivity index (χ2v) is 6.78. The average Bonchev–Trinajstić information content (AvgIpc) is 3.14. The molecule has 3 rings (SSSR count). The summed E-state index contributed by atoms with van der Waals surface area (Å²) in [6.07, 6.45) is 5.33. The highest BCUT2D eigenvalue weighted by Crippen LogP contribution is 2.41. The molecule has 2 aromatic heterocycles. The lowest BCUT2D eigenvalue weighted by Crippen LogP contribution is -2.24. The smallest absolute Gasteiger partial charge is 0.325 e. The molecule has 9 heteroatoms. The molecular weight excluding hydrogens is 324 g/mol. The molecule has 0 aliphatic heterocycles. The van der Waals surface area contributed by atoms with Crippen molar-refractivity contribution < 1.29 is 14.7 Å². The Balaban J connectivity index is 1.66. The zero-order valence-electron chi connectivity index (χ0n) is 14.3. The highest BCUT2D eigenvalue weighted by molar-refractivity contribution is 5.95. The van der Waals surface area contributed by atoms with Gasteiger partial charge in [0.25, 0.3) is 5.91 Å². The third-order valence-corrected chi connectivity index (χ3v) is 3.94. The van der Waals surface area contributed by atoms with Gasteiger partial charge in [-0.15, -0.1) is 5.10 Å². The van der Waals surface area contributed by atoms with Crippen molar-refractivity contribution in [1.29, 1.82) is 0 Å². The Hall–Kier alpha value is -2.71. The van der Waals surface area contributed by atoms with Crippen molar-refractivity contribution in [3.8, 4) is 0 Å². The monoisotopic (exact) mass is 346 g/mol. The fourth-order valence-electron chi connectivity index (χ4n) is 2.75. The summed E-state index contributed by atoms with van der Waals surface area (Å²) in [5.74, 6) is -0.312. The van der Waals surface area contributed by atoms with E-state index in [1.54, 1.807) is 6.20 Å². The number of rotatable bonds is 8. The van der Waals surface area contributed by atoms with Crippen LogP contribution in [0.2, 0.25) is 0 Å². The van der Waals surface area contributed by atoms with Crippen LogP contribution in [0.1, 0.15) is 54.4 Å². The predicted molar refractivity (Wildman–Crippen MR) is 87.9 cm³/mol. The predicted octanol–water partition coefficient (Wildman–Crippen LogP) is 1.02. The van der Waals surface area contributed by atoms with Crippen molar-refractivity contribution in [3.63, 3.8) is 0 Å². The van der Waals surface area contributed by atoms with Crippen LogP contribution in [0.4, 0.5) is 0 Å². The zero-order chi connectivity index (χ0) is 18.0. The maximum atomic E-state index is 12.5. The van der Waals surface area contributed by atoms with Gasteiger partial charge in [-0.3, -0.25) is 14.3 Å². The summed E-state index contributed by atoms with van der Waals surface area (Å²) in [5.41, 5.74) is 2.14. The number of hydrogen-bond acceptors (Lipinski definition) is 5. The van der Waals surface area contributed by atoms with Crippen molar-refractivity contribution >= 4 is 11.9 Å². The SMILES string of the molecule is CC(C)Cn1ncc(C(=O)NCc2cn(CC(=O)O)nn2)c1C1CC1. The van der Waals surface area contributed by atoms with E-state index in [0.29, 0.717) is 23.1 Å². The van der Waals surface area contributed by atoms with Gasteiger partial charge in [-0.25, -0.2) is 4.68 Å². The van der Waals surface area contributed by atoms with E-state index >= 15 is 0 Å². The largest absolute Gasteiger partial charge is 0.480 e. The fraction of sp³-hybridized carbons (Fsp3) is 0.562. The van der Waals surface area contributed by atoms with Crippen LogP contribution >= 0.6 is 0 Å². The van der Waals surface area contributed by atoms with Crippen molar-refractivity contribution in [1.82, 2.24) is 30.1 Å². The third kappa shape index (κ3) is 4.23. The minimum absolute atomic E-state index is 0.190. The van der Waals surface area contributed by atoms with E-state index in [1.165, 1.54) is 10.9 Å². The molecule has 9 nitrogen and oxygen atoms in total. The molecule has 0 bridgehead atoms. The molecule has 25 heavy (non-hydrogen) atoms. The Morgan fingerprint density at radius 2 is 2.16 bits per heavy atom. The average molecular weight is 346 g/mol. The van der Waals surface area contributed by atoms with Gasteiger partial charge in [0.2, 0.25) is 0 Å². The number of carboxylic acids is 1.